The van der Waals surface area contributed by atoms with Gasteiger partial charge in [-0.2, -0.15) is 0 Å². The van der Waals surface area contributed by atoms with E-state index >= 15 is 0 Å². The molecule has 3 amide bonds. The summed E-state index contributed by atoms with van der Waals surface area (Å²) >= 11 is 0. The van der Waals surface area contributed by atoms with E-state index in [0.717, 1.165) is 84.3 Å². The molecule has 0 spiro atoms. The summed E-state index contributed by atoms with van der Waals surface area (Å²) in [6.45, 7) is 14.2. The maximum atomic E-state index is 12.9. The van der Waals surface area contributed by atoms with Gasteiger partial charge in [-0.15, -0.1) is 0 Å². The fourth-order valence-electron chi connectivity index (χ4n) is 7.64. The number of nitrogens with one attached hydrogen (secondary N) is 3. The smallest absolute Gasteiger partial charge is 0.221 e. The van der Waals surface area contributed by atoms with Crippen molar-refractivity contribution in [2.75, 3.05) is 65.4 Å². The quantitative estimate of drug-likeness (QED) is 0.0454. The number of hydrogen-bond donors (Lipinski definition) is 4. The largest absolute Gasteiger partial charge is 0.356 e. The fraction of sp³-hybridized carbons (Fsp3) is 0.939. The van der Waals surface area contributed by atoms with Gasteiger partial charge in [-0.05, 0) is 45.2 Å². The highest BCUT2D eigenvalue weighted by Crippen LogP contribution is 2.12. The maximum Gasteiger partial charge on any atom is 0.221 e. The second-order valence-corrected chi connectivity index (χ2v) is 17.3. The highest BCUT2D eigenvalue weighted by molar-refractivity contribution is 5.77. The van der Waals surface area contributed by atoms with Gasteiger partial charge in [-0.3, -0.25) is 14.4 Å². The first-order chi connectivity index (χ1) is 28.5. The summed E-state index contributed by atoms with van der Waals surface area (Å²) in [4.78, 5) is 43.3. The zero-order chi connectivity index (χ0) is 42.4. The SMILES string of the molecule is CCCCCCCCCCCNC(=O)CCN(CCCCCN)CCN(CCC(=O)NCCCCCCCCCCC)CCC(=O)NCCCCCCCCCCC. The van der Waals surface area contributed by atoms with Crippen LogP contribution >= 0.6 is 0 Å². The predicted octanol–water partition coefficient (Wildman–Crippen LogP) is 10.8. The van der Waals surface area contributed by atoms with E-state index in [1.165, 1.54) is 154 Å². The molecular formula is C49H100N6O3. The van der Waals surface area contributed by atoms with Crippen molar-refractivity contribution < 1.29 is 14.4 Å². The Bertz CT molecular complexity index is 850. The van der Waals surface area contributed by atoms with Gasteiger partial charge < -0.3 is 31.5 Å². The molecule has 0 unspecified atom stereocenters. The number of hydrogen-bond acceptors (Lipinski definition) is 6. The topological polar surface area (TPSA) is 120 Å². The van der Waals surface area contributed by atoms with Crippen molar-refractivity contribution in [3.05, 3.63) is 0 Å². The van der Waals surface area contributed by atoms with Gasteiger partial charge in [0.05, 0.1) is 0 Å². The van der Waals surface area contributed by atoms with Crippen LogP contribution in [-0.2, 0) is 14.4 Å². The minimum Gasteiger partial charge on any atom is -0.356 e. The maximum absolute atomic E-state index is 12.9. The average molecular weight is 821 g/mol. The molecule has 0 heterocycles. The van der Waals surface area contributed by atoms with Crippen LogP contribution in [0, 0.1) is 0 Å². The molecule has 0 saturated heterocycles. The van der Waals surface area contributed by atoms with Crippen LogP contribution in [-0.4, -0.2) is 93.0 Å². The lowest BCUT2D eigenvalue weighted by Crippen LogP contribution is -2.40. The molecule has 5 N–H and O–H groups in total. The Labute approximate surface area is 360 Å². The minimum atomic E-state index is 0.0988. The van der Waals surface area contributed by atoms with E-state index in [-0.39, 0.29) is 17.7 Å². The Balaban J connectivity index is 4.86. The second-order valence-electron chi connectivity index (χ2n) is 17.3. The van der Waals surface area contributed by atoms with Gasteiger partial charge in [0, 0.05) is 71.6 Å². The van der Waals surface area contributed by atoms with Crippen LogP contribution in [0.3, 0.4) is 0 Å². The highest BCUT2D eigenvalue weighted by atomic mass is 16.2. The molecule has 0 aromatic rings. The van der Waals surface area contributed by atoms with Gasteiger partial charge >= 0.3 is 0 Å². The number of nitrogens with two attached hydrogens (primary N) is 1. The summed E-state index contributed by atoms with van der Waals surface area (Å²) in [6.07, 6.45) is 38.9. The van der Waals surface area contributed by atoms with E-state index in [1.807, 2.05) is 0 Å². The van der Waals surface area contributed by atoms with Crippen LogP contribution in [0.25, 0.3) is 0 Å². The number of carbonyl (C=O) groups is 3. The van der Waals surface area contributed by atoms with Gasteiger partial charge in [0.15, 0.2) is 0 Å². The first-order valence-electron chi connectivity index (χ1n) is 25.4. The molecule has 0 aliphatic heterocycles. The molecular weight excluding hydrogens is 721 g/mol. The van der Waals surface area contributed by atoms with E-state index in [2.05, 4.69) is 46.5 Å². The molecule has 58 heavy (non-hydrogen) atoms. The highest BCUT2D eigenvalue weighted by Gasteiger charge is 2.15. The van der Waals surface area contributed by atoms with Gasteiger partial charge in [0.25, 0.3) is 0 Å². The lowest BCUT2D eigenvalue weighted by Gasteiger charge is -2.27. The van der Waals surface area contributed by atoms with E-state index < -0.39 is 0 Å². The van der Waals surface area contributed by atoms with Crippen molar-refractivity contribution in [3.8, 4) is 0 Å². The fourth-order valence-corrected chi connectivity index (χ4v) is 7.64. The number of amides is 3. The van der Waals surface area contributed by atoms with Gasteiger partial charge in [0.2, 0.25) is 17.7 Å². The lowest BCUT2D eigenvalue weighted by atomic mass is 10.1. The van der Waals surface area contributed by atoms with E-state index in [4.69, 9.17) is 5.73 Å². The Morgan fingerprint density at radius 2 is 0.586 bits per heavy atom. The molecule has 0 saturated carbocycles. The van der Waals surface area contributed by atoms with Gasteiger partial charge in [-0.1, -0.05) is 181 Å². The molecule has 9 nitrogen and oxygen atoms in total. The monoisotopic (exact) mass is 821 g/mol. The Kier molecular flexibility index (Phi) is 45.0. The third-order valence-electron chi connectivity index (χ3n) is 11.7. The van der Waals surface area contributed by atoms with Gasteiger partial charge in [-0.25, -0.2) is 0 Å². The van der Waals surface area contributed by atoms with Gasteiger partial charge in [0.1, 0.15) is 0 Å². The first-order valence-corrected chi connectivity index (χ1v) is 25.4. The van der Waals surface area contributed by atoms with Crippen LogP contribution < -0.4 is 21.7 Å². The number of nitrogens with zero attached hydrogens (tertiary/aromatic N) is 2. The molecule has 0 bridgehead atoms. The molecule has 0 aliphatic carbocycles. The van der Waals surface area contributed by atoms with E-state index in [0.29, 0.717) is 38.9 Å². The van der Waals surface area contributed by atoms with Crippen molar-refractivity contribution in [3.63, 3.8) is 0 Å². The lowest BCUT2D eigenvalue weighted by molar-refractivity contribution is -0.122. The summed E-state index contributed by atoms with van der Waals surface area (Å²) in [5.74, 6) is 0.332. The molecule has 344 valence electrons. The summed E-state index contributed by atoms with van der Waals surface area (Å²) in [7, 11) is 0. The average Bonchev–Trinajstić information content (AvgIpc) is 3.22. The Hall–Kier alpha value is -1.71. The summed E-state index contributed by atoms with van der Waals surface area (Å²) < 4.78 is 0. The molecule has 0 fully saturated rings. The van der Waals surface area contributed by atoms with Crippen molar-refractivity contribution in [2.24, 2.45) is 5.73 Å². The second kappa shape index (κ2) is 46.4. The number of carbonyl (C=O) groups excluding carboxylic acids is 3. The molecule has 0 aromatic carbocycles. The standard InChI is InChI=1S/C49H100N6O3/c1-4-7-10-13-16-19-22-25-30-38-51-47(56)34-42-54(41-33-28-29-37-50)45-46-55(43-35-48(57)52-39-31-26-23-20-17-14-11-8-5-2)44-36-49(58)53-40-32-27-24-21-18-15-12-9-6-3/h4-46,50H2,1-3H3,(H,51,56)(H,52,57)(H,53,58). The zero-order valence-corrected chi connectivity index (χ0v) is 39.1. The van der Waals surface area contributed by atoms with E-state index in [1.54, 1.807) is 0 Å². The minimum absolute atomic E-state index is 0.0988. The molecule has 0 atom stereocenters. The molecule has 0 radical (unpaired) electrons. The molecule has 9 heteroatoms. The Morgan fingerprint density at radius 1 is 0.328 bits per heavy atom. The van der Waals surface area contributed by atoms with Crippen molar-refractivity contribution in [1.29, 1.82) is 0 Å². The van der Waals surface area contributed by atoms with Crippen molar-refractivity contribution in [1.82, 2.24) is 25.8 Å². The third kappa shape index (κ3) is 42.4. The van der Waals surface area contributed by atoms with Crippen molar-refractivity contribution in [2.45, 2.75) is 233 Å². The normalized spacial score (nSPS) is 11.5. The summed E-state index contributed by atoms with van der Waals surface area (Å²) in [6, 6.07) is 0. The molecule has 0 aliphatic rings. The van der Waals surface area contributed by atoms with E-state index in [9.17, 15) is 14.4 Å². The van der Waals surface area contributed by atoms with Crippen LogP contribution in [0.1, 0.15) is 233 Å². The number of rotatable bonds is 47. The number of unbranched alkanes of at least 4 members (excludes halogenated alkanes) is 26. The van der Waals surface area contributed by atoms with Crippen LogP contribution in [0.15, 0.2) is 0 Å². The molecule has 0 rings (SSSR count). The van der Waals surface area contributed by atoms with Crippen LogP contribution in [0.2, 0.25) is 0 Å². The van der Waals surface area contributed by atoms with Crippen LogP contribution in [0.5, 0.6) is 0 Å². The molecule has 0 aromatic heterocycles. The zero-order valence-electron chi connectivity index (χ0n) is 39.1. The van der Waals surface area contributed by atoms with Crippen molar-refractivity contribution >= 4 is 17.7 Å². The summed E-state index contributed by atoms with van der Waals surface area (Å²) in [5, 5.41) is 9.46. The third-order valence-corrected chi connectivity index (χ3v) is 11.7. The Morgan fingerprint density at radius 3 is 0.879 bits per heavy atom. The first kappa shape index (κ1) is 56.3. The van der Waals surface area contributed by atoms with Crippen LogP contribution in [0.4, 0.5) is 0 Å². The predicted molar refractivity (Wildman–Crippen MR) is 250 cm³/mol. The summed E-state index contributed by atoms with van der Waals surface area (Å²) in [5.41, 5.74) is 5.78.